The first-order valence-electron chi connectivity index (χ1n) is 8.53. The number of aromatic amines is 1. The minimum Gasteiger partial charge on any atom is -0.385 e. The Labute approximate surface area is 145 Å². The van der Waals surface area contributed by atoms with E-state index in [4.69, 9.17) is 0 Å². The fraction of sp³-hybridized carbons (Fsp3) is 0.389. The van der Waals surface area contributed by atoms with Gasteiger partial charge in [-0.05, 0) is 25.0 Å². The minimum absolute atomic E-state index is 0.0478. The van der Waals surface area contributed by atoms with Gasteiger partial charge in [0.05, 0.1) is 10.9 Å². The molecule has 3 heterocycles. The van der Waals surface area contributed by atoms with Gasteiger partial charge in [-0.3, -0.25) is 9.78 Å². The van der Waals surface area contributed by atoms with Crippen LogP contribution in [0.1, 0.15) is 24.8 Å². The number of rotatable bonds is 3. The average molecular weight is 339 g/mol. The topological polar surface area (TPSA) is 87.0 Å². The van der Waals surface area contributed by atoms with Gasteiger partial charge in [-0.1, -0.05) is 12.1 Å². The zero-order chi connectivity index (χ0) is 17.4. The van der Waals surface area contributed by atoms with Gasteiger partial charge in [0.2, 0.25) is 5.95 Å². The Kier molecular flexibility index (Phi) is 4.01. The Hall–Kier alpha value is -2.67. The Morgan fingerprint density at radius 3 is 3.00 bits per heavy atom. The van der Waals surface area contributed by atoms with Crippen LogP contribution >= 0.6 is 0 Å². The molecule has 3 aromatic rings. The second-order valence-corrected chi connectivity index (χ2v) is 6.60. The highest BCUT2D eigenvalue weighted by Crippen LogP contribution is 2.30. The largest absolute Gasteiger partial charge is 0.385 e. The number of anilines is 1. The monoisotopic (exact) mass is 339 g/mol. The molecule has 1 fully saturated rings. The fourth-order valence-corrected chi connectivity index (χ4v) is 3.56. The number of aliphatic hydroxyl groups excluding tert-OH is 1. The maximum absolute atomic E-state index is 12.3. The van der Waals surface area contributed by atoms with E-state index in [1.54, 1.807) is 12.3 Å². The molecule has 25 heavy (non-hydrogen) atoms. The van der Waals surface area contributed by atoms with Crippen LogP contribution in [0.15, 0.2) is 41.5 Å². The normalized spacial score (nSPS) is 19.3. The molecule has 2 atom stereocenters. The second kappa shape index (κ2) is 6.33. The Morgan fingerprint density at radius 2 is 2.20 bits per heavy atom. The van der Waals surface area contributed by atoms with Crippen molar-refractivity contribution in [1.82, 2.24) is 19.5 Å². The maximum atomic E-state index is 12.3. The highest BCUT2D eigenvalue weighted by molar-refractivity contribution is 5.78. The van der Waals surface area contributed by atoms with Crippen molar-refractivity contribution in [3.8, 4) is 0 Å². The van der Waals surface area contributed by atoms with Gasteiger partial charge in [0.1, 0.15) is 11.9 Å². The van der Waals surface area contributed by atoms with Crippen LogP contribution in [0.4, 0.5) is 5.95 Å². The van der Waals surface area contributed by atoms with Crippen LogP contribution in [0, 0.1) is 5.92 Å². The number of aryl methyl sites for hydroxylation is 1. The Bertz CT molecular complexity index is 948. The lowest BCUT2D eigenvalue weighted by Crippen LogP contribution is -2.40. The summed E-state index contributed by atoms with van der Waals surface area (Å²) >= 11 is 0. The van der Waals surface area contributed by atoms with Crippen molar-refractivity contribution in [3.05, 3.63) is 52.8 Å². The van der Waals surface area contributed by atoms with Gasteiger partial charge in [-0.2, -0.15) is 0 Å². The maximum Gasteiger partial charge on any atom is 0.260 e. The highest BCUT2D eigenvalue weighted by Gasteiger charge is 2.30. The van der Waals surface area contributed by atoms with Crippen molar-refractivity contribution in [2.45, 2.75) is 18.9 Å². The third kappa shape index (κ3) is 2.91. The number of para-hydroxylation sites is 1. The molecule has 7 nitrogen and oxygen atoms in total. The molecule has 1 saturated heterocycles. The number of hydrogen-bond acceptors (Lipinski definition) is 5. The van der Waals surface area contributed by atoms with Crippen LogP contribution < -0.4 is 10.5 Å². The van der Waals surface area contributed by atoms with E-state index in [-0.39, 0.29) is 11.5 Å². The lowest BCUT2D eigenvalue weighted by molar-refractivity contribution is 0.0872. The number of piperidine rings is 1. The smallest absolute Gasteiger partial charge is 0.260 e. The summed E-state index contributed by atoms with van der Waals surface area (Å²) < 4.78 is 1.85. The number of H-pyrrole nitrogens is 1. The second-order valence-electron chi connectivity index (χ2n) is 6.60. The van der Waals surface area contributed by atoms with Gasteiger partial charge < -0.3 is 14.6 Å². The molecule has 0 bridgehead atoms. The molecule has 1 aromatic carbocycles. The number of aliphatic hydroxyl groups is 1. The molecule has 0 saturated carbocycles. The van der Waals surface area contributed by atoms with E-state index in [1.807, 2.05) is 40.9 Å². The van der Waals surface area contributed by atoms with Crippen molar-refractivity contribution >= 4 is 16.9 Å². The third-order valence-electron chi connectivity index (χ3n) is 4.93. The number of aromatic nitrogens is 4. The molecule has 2 N–H and O–H groups in total. The van der Waals surface area contributed by atoms with Gasteiger partial charge in [0, 0.05) is 38.4 Å². The summed E-state index contributed by atoms with van der Waals surface area (Å²) in [5.74, 6) is 1.29. The lowest BCUT2D eigenvalue weighted by Gasteiger charge is -2.35. The van der Waals surface area contributed by atoms with Crippen molar-refractivity contribution in [2.24, 2.45) is 13.0 Å². The summed E-state index contributed by atoms with van der Waals surface area (Å²) in [6, 6.07) is 7.33. The molecule has 0 radical (unpaired) electrons. The predicted octanol–water partition coefficient (Wildman–Crippen LogP) is 1.61. The molecule has 0 amide bonds. The zero-order valence-electron chi connectivity index (χ0n) is 14.1. The summed E-state index contributed by atoms with van der Waals surface area (Å²) in [7, 11) is 1.88. The molecule has 4 rings (SSSR count). The van der Waals surface area contributed by atoms with Crippen molar-refractivity contribution < 1.29 is 5.11 Å². The van der Waals surface area contributed by atoms with Gasteiger partial charge in [-0.15, -0.1) is 0 Å². The van der Waals surface area contributed by atoms with E-state index in [9.17, 15) is 9.90 Å². The highest BCUT2D eigenvalue weighted by atomic mass is 16.3. The number of imidazole rings is 1. The summed E-state index contributed by atoms with van der Waals surface area (Å²) in [5.41, 5.74) is 0.556. The summed E-state index contributed by atoms with van der Waals surface area (Å²) in [4.78, 5) is 26.1. The summed E-state index contributed by atoms with van der Waals surface area (Å²) in [5, 5.41) is 11.3. The SMILES string of the molecule is Cn1ccnc1C(O)C1CCCN(c2nc3ccccc3c(=O)[nH]2)C1. The first-order chi connectivity index (χ1) is 12.1. The van der Waals surface area contributed by atoms with Crippen LogP contribution in [-0.4, -0.2) is 37.7 Å². The van der Waals surface area contributed by atoms with Crippen LogP contribution in [0.25, 0.3) is 10.9 Å². The Balaban J connectivity index is 1.61. The van der Waals surface area contributed by atoms with Gasteiger partial charge in [-0.25, -0.2) is 9.97 Å². The van der Waals surface area contributed by atoms with Crippen LogP contribution in [0.3, 0.4) is 0 Å². The minimum atomic E-state index is -0.630. The van der Waals surface area contributed by atoms with Gasteiger partial charge in [0.25, 0.3) is 5.56 Å². The standard InChI is InChI=1S/C18H21N5O2/c1-22-10-8-19-16(22)15(24)12-5-4-9-23(11-12)18-20-14-7-3-2-6-13(14)17(25)21-18/h2-3,6-8,10,12,15,24H,4-5,9,11H2,1H3,(H,20,21,25). The van der Waals surface area contributed by atoms with E-state index < -0.39 is 6.10 Å². The van der Waals surface area contributed by atoms with E-state index in [1.165, 1.54) is 0 Å². The number of fused-ring (bicyclic) bond motifs is 1. The molecule has 0 aliphatic carbocycles. The van der Waals surface area contributed by atoms with E-state index >= 15 is 0 Å². The molecule has 0 spiro atoms. The number of benzene rings is 1. The van der Waals surface area contributed by atoms with Crippen LogP contribution in [-0.2, 0) is 7.05 Å². The van der Waals surface area contributed by atoms with Crippen molar-refractivity contribution in [2.75, 3.05) is 18.0 Å². The lowest BCUT2D eigenvalue weighted by atomic mass is 9.92. The molecule has 1 aliphatic heterocycles. The van der Waals surface area contributed by atoms with Crippen molar-refractivity contribution in [3.63, 3.8) is 0 Å². The quantitative estimate of drug-likeness (QED) is 0.757. The molecular weight excluding hydrogens is 318 g/mol. The molecular formula is C18H21N5O2. The predicted molar refractivity (Wildman–Crippen MR) is 95.5 cm³/mol. The molecule has 2 unspecified atom stereocenters. The van der Waals surface area contributed by atoms with Crippen LogP contribution in [0.5, 0.6) is 0 Å². The van der Waals surface area contributed by atoms with E-state index in [0.717, 1.165) is 19.4 Å². The van der Waals surface area contributed by atoms with E-state index in [0.29, 0.717) is 29.2 Å². The Morgan fingerprint density at radius 1 is 1.36 bits per heavy atom. The first-order valence-corrected chi connectivity index (χ1v) is 8.53. The van der Waals surface area contributed by atoms with Gasteiger partial charge in [0.15, 0.2) is 0 Å². The summed E-state index contributed by atoms with van der Waals surface area (Å²) in [6.07, 6.45) is 4.75. The molecule has 7 heteroatoms. The molecule has 130 valence electrons. The fourth-order valence-electron chi connectivity index (χ4n) is 3.56. The van der Waals surface area contributed by atoms with E-state index in [2.05, 4.69) is 15.0 Å². The third-order valence-corrected chi connectivity index (χ3v) is 4.93. The zero-order valence-corrected chi connectivity index (χ0v) is 14.1. The van der Waals surface area contributed by atoms with Gasteiger partial charge >= 0.3 is 0 Å². The van der Waals surface area contributed by atoms with Crippen LogP contribution in [0.2, 0.25) is 0 Å². The van der Waals surface area contributed by atoms with Crippen molar-refractivity contribution in [1.29, 1.82) is 0 Å². The number of hydrogen-bond donors (Lipinski definition) is 2. The molecule has 1 aliphatic rings. The first kappa shape index (κ1) is 15.8. The average Bonchev–Trinajstić information content (AvgIpc) is 3.07. The summed E-state index contributed by atoms with van der Waals surface area (Å²) in [6.45, 7) is 1.44. The number of nitrogens with one attached hydrogen (secondary N) is 1. The number of nitrogens with zero attached hydrogens (tertiary/aromatic N) is 4. The molecule has 2 aromatic heterocycles.